The number of fused-ring (bicyclic) bond motifs is 1. The highest BCUT2D eigenvalue weighted by Gasteiger charge is 2.61. The number of rotatable bonds is 5. The number of halogens is 2. The van der Waals surface area contributed by atoms with Crippen molar-refractivity contribution in [3.05, 3.63) is 33.3 Å². The van der Waals surface area contributed by atoms with Crippen molar-refractivity contribution in [2.75, 3.05) is 7.05 Å². The predicted molar refractivity (Wildman–Crippen MR) is 100 cm³/mol. The molecule has 2 aliphatic rings. The topological polar surface area (TPSA) is 70.0 Å². The number of nitrogens with zero attached hydrogens (tertiary/aromatic N) is 1. The first-order valence-corrected chi connectivity index (χ1v) is 9.57. The number of carbonyl (C=O) groups is 1. The van der Waals surface area contributed by atoms with Gasteiger partial charge in [0, 0.05) is 18.2 Å². The summed E-state index contributed by atoms with van der Waals surface area (Å²) in [5.74, 6) is 0.578. The Morgan fingerprint density at radius 3 is 2.65 bits per heavy atom. The largest absolute Gasteiger partial charge is 0.508 e. The van der Waals surface area contributed by atoms with Gasteiger partial charge in [-0.1, -0.05) is 49.9 Å². The average Bonchev–Trinajstić information content (AvgIpc) is 3.01. The van der Waals surface area contributed by atoms with Crippen LogP contribution < -0.4 is 4.74 Å². The smallest absolute Gasteiger partial charge is 0.269 e. The molecule has 3 atom stereocenters. The molecule has 1 aromatic rings. The molecular weight excluding hydrogens is 377 g/mol. The monoisotopic (exact) mass is 399 g/mol. The van der Waals surface area contributed by atoms with Gasteiger partial charge in [-0.05, 0) is 30.9 Å². The second-order valence-corrected chi connectivity index (χ2v) is 7.84. The lowest BCUT2D eigenvalue weighted by Crippen LogP contribution is -2.51. The van der Waals surface area contributed by atoms with Gasteiger partial charge >= 0.3 is 0 Å². The van der Waals surface area contributed by atoms with Crippen LogP contribution in [0, 0.1) is 5.92 Å². The third kappa shape index (κ3) is 2.68. The van der Waals surface area contributed by atoms with Crippen LogP contribution in [0.4, 0.5) is 0 Å². The predicted octanol–water partition coefficient (Wildman–Crippen LogP) is 4.04. The van der Waals surface area contributed by atoms with Crippen LogP contribution in [0.5, 0.6) is 11.5 Å². The van der Waals surface area contributed by atoms with Crippen molar-refractivity contribution in [3.8, 4) is 11.5 Å². The minimum Gasteiger partial charge on any atom is -0.508 e. The van der Waals surface area contributed by atoms with Gasteiger partial charge < -0.3 is 14.9 Å². The molecule has 2 heterocycles. The third-order valence-electron chi connectivity index (χ3n) is 5.51. The summed E-state index contributed by atoms with van der Waals surface area (Å²) in [6.45, 7) is 4.34. The molecule has 0 saturated heterocycles. The summed E-state index contributed by atoms with van der Waals surface area (Å²) in [4.78, 5) is 13.4. The Kier molecular flexibility index (Phi) is 5.17. The quantitative estimate of drug-likeness (QED) is 0.783. The molecule has 0 saturated carbocycles. The fourth-order valence-electron chi connectivity index (χ4n) is 3.58. The third-order valence-corrected chi connectivity index (χ3v) is 6.41. The van der Waals surface area contributed by atoms with E-state index in [1.54, 1.807) is 12.1 Å². The van der Waals surface area contributed by atoms with E-state index in [9.17, 15) is 15.0 Å². The number of ether oxygens (including phenoxy) is 1. The van der Waals surface area contributed by atoms with Crippen LogP contribution in [0.1, 0.15) is 50.3 Å². The summed E-state index contributed by atoms with van der Waals surface area (Å²) in [7, 11) is 1.48. The lowest BCUT2D eigenvalue weighted by atomic mass is 9.95. The SMILES string of the molecule is CCC(C)CCCc1c(O)ccc2c1OC1(C(Cl)=C(Cl)C(=O)N1C)C2O. The van der Waals surface area contributed by atoms with Crippen molar-refractivity contribution in [1.82, 2.24) is 4.90 Å². The van der Waals surface area contributed by atoms with Crippen LogP contribution in [0.15, 0.2) is 22.2 Å². The zero-order valence-electron chi connectivity index (χ0n) is 15.1. The van der Waals surface area contributed by atoms with Gasteiger partial charge in [0.05, 0.1) is 0 Å². The Hall–Kier alpha value is -1.43. The van der Waals surface area contributed by atoms with E-state index in [4.69, 9.17) is 27.9 Å². The molecule has 3 rings (SSSR count). The highest BCUT2D eigenvalue weighted by molar-refractivity contribution is 6.50. The van der Waals surface area contributed by atoms with Gasteiger partial charge in [-0.2, -0.15) is 0 Å². The normalized spacial score (nSPS) is 25.8. The first kappa shape index (κ1) is 19.3. The van der Waals surface area contributed by atoms with Crippen molar-refractivity contribution < 1.29 is 19.7 Å². The Bertz CT molecular complexity index is 779. The number of aromatic hydroxyl groups is 1. The molecule has 5 nitrogen and oxygen atoms in total. The summed E-state index contributed by atoms with van der Waals surface area (Å²) in [6, 6.07) is 3.13. The first-order chi connectivity index (χ1) is 12.3. The maximum absolute atomic E-state index is 12.2. The molecule has 2 aliphatic heterocycles. The summed E-state index contributed by atoms with van der Waals surface area (Å²) >= 11 is 12.3. The molecule has 0 aromatic heterocycles. The summed E-state index contributed by atoms with van der Waals surface area (Å²) in [6.07, 6.45) is 2.42. The second kappa shape index (κ2) is 6.95. The zero-order valence-corrected chi connectivity index (χ0v) is 16.6. The number of aliphatic hydroxyl groups is 1. The maximum atomic E-state index is 12.2. The minimum atomic E-state index is -1.57. The molecule has 0 fully saturated rings. The van der Waals surface area contributed by atoms with Crippen LogP contribution in [0.25, 0.3) is 0 Å². The number of phenols is 1. The molecule has 1 aromatic carbocycles. The molecule has 1 spiro atoms. The Morgan fingerprint density at radius 1 is 1.38 bits per heavy atom. The van der Waals surface area contributed by atoms with Crippen molar-refractivity contribution in [2.24, 2.45) is 5.92 Å². The summed E-state index contributed by atoms with van der Waals surface area (Å²) in [5, 5.41) is 21.0. The van der Waals surface area contributed by atoms with Gasteiger partial charge in [0.1, 0.15) is 27.7 Å². The van der Waals surface area contributed by atoms with E-state index in [0.717, 1.165) is 19.3 Å². The van der Waals surface area contributed by atoms with Gasteiger partial charge in [0.2, 0.25) is 0 Å². The molecule has 1 amide bonds. The van der Waals surface area contributed by atoms with Crippen molar-refractivity contribution in [3.63, 3.8) is 0 Å². The number of likely N-dealkylation sites (N-methyl/N-ethyl adjacent to an activating group) is 1. The highest BCUT2D eigenvalue weighted by atomic mass is 35.5. The van der Waals surface area contributed by atoms with Crippen LogP contribution in [-0.2, 0) is 11.2 Å². The Balaban J connectivity index is 1.97. The molecule has 142 valence electrons. The van der Waals surface area contributed by atoms with E-state index in [-0.39, 0.29) is 15.8 Å². The number of benzene rings is 1. The van der Waals surface area contributed by atoms with Gasteiger partial charge in [-0.25, -0.2) is 0 Å². The van der Waals surface area contributed by atoms with E-state index in [0.29, 0.717) is 29.2 Å². The summed E-state index contributed by atoms with van der Waals surface area (Å²) < 4.78 is 6.05. The van der Waals surface area contributed by atoms with E-state index in [1.165, 1.54) is 11.9 Å². The zero-order chi connectivity index (χ0) is 19.2. The molecule has 7 heteroatoms. The van der Waals surface area contributed by atoms with E-state index in [1.807, 2.05) is 0 Å². The molecule has 0 radical (unpaired) electrons. The fourth-order valence-corrected chi connectivity index (χ4v) is 4.19. The van der Waals surface area contributed by atoms with Crippen LogP contribution in [0.2, 0.25) is 0 Å². The van der Waals surface area contributed by atoms with Crippen LogP contribution in [0.3, 0.4) is 0 Å². The summed E-state index contributed by atoms with van der Waals surface area (Å²) in [5.41, 5.74) is -0.460. The molecule has 2 N–H and O–H groups in total. The van der Waals surface area contributed by atoms with Gasteiger partial charge in [-0.15, -0.1) is 0 Å². The van der Waals surface area contributed by atoms with Crippen molar-refractivity contribution in [1.29, 1.82) is 0 Å². The number of carbonyl (C=O) groups excluding carboxylic acids is 1. The van der Waals surface area contributed by atoms with Crippen LogP contribution in [-0.4, -0.2) is 33.8 Å². The molecule has 3 unspecified atom stereocenters. The number of hydrogen-bond donors (Lipinski definition) is 2. The fraction of sp³-hybridized carbons (Fsp3) is 0.526. The number of hydrogen-bond acceptors (Lipinski definition) is 4. The standard InChI is InChI=1S/C19H23Cl2NO4/c1-4-10(2)6-5-7-11-13(23)9-8-12-15(11)26-19(17(12)24)16(21)14(20)18(25)22(19)3/h8-10,17,23-24H,4-7H2,1-3H3. The van der Waals surface area contributed by atoms with E-state index >= 15 is 0 Å². The van der Waals surface area contributed by atoms with E-state index < -0.39 is 17.7 Å². The molecular formula is C19H23Cl2NO4. The molecule has 0 aliphatic carbocycles. The number of amides is 1. The maximum Gasteiger partial charge on any atom is 0.269 e. The second-order valence-electron chi connectivity index (χ2n) is 7.08. The lowest BCUT2D eigenvalue weighted by molar-refractivity contribution is -0.144. The highest BCUT2D eigenvalue weighted by Crippen LogP contribution is 2.56. The van der Waals surface area contributed by atoms with Gasteiger partial charge in [0.15, 0.2) is 0 Å². The van der Waals surface area contributed by atoms with Gasteiger partial charge in [-0.3, -0.25) is 9.69 Å². The lowest BCUT2D eigenvalue weighted by Gasteiger charge is -2.34. The van der Waals surface area contributed by atoms with Crippen LogP contribution >= 0.6 is 23.2 Å². The van der Waals surface area contributed by atoms with Gasteiger partial charge in [0.25, 0.3) is 11.6 Å². The molecule has 26 heavy (non-hydrogen) atoms. The van der Waals surface area contributed by atoms with E-state index in [2.05, 4.69) is 13.8 Å². The molecule has 0 bridgehead atoms. The number of phenolic OH excluding ortho intramolecular Hbond substituents is 1. The average molecular weight is 400 g/mol. The Morgan fingerprint density at radius 2 is 2.08 bits per heavy atom. The first-order valence-electron chi connectivity index (χ1n) is 8.81. The minimum absolute atomic E-state index is 0.0413. The Labute approximate surface area is 163 Å². The van der Waals surface area contributed by atoms with Crippen molar-refractivity contribution in [2.45, 2.75) is 51.4 Å². The van der Waals surface area contributed by atoms with Crippen molar-refractivity contribution >= 4 is 29.1 Å². The number of aliphatic hydroxyl groups excluding tert-OH is 1.